The first-order valence-corrected chi connectivity index (χ1v) is 11.5. The Hall–Kier alpha value is -1.22. The normalized spacial score (nSPS) is 31.0. The number of amides is 1. The second-order valence-electron chi connectivity index (χ2n) is 8.65. The van der Waals surface area contributed by atoms with Gasteiger partial charge in [-0.1, -0.05) is 39.0 Å². The summed E-state index contributed by atoms with van der Waals surface area (Å²) < 4.78 is 45.0. The van der Waals surface area contributed by atoms with Gasteiger partial charge in [0.2, 0.25) is 0 Å². The van der Waals surface area contributed by atoms with Gasteiger partial charge < -0.3 is 27.3 Å². The number of carbonyl (C=O) groups excluding carboxylic acids is 1. The van der Waals surface area contributed by atoms with E-state index in [0.29, 0.717) is 16.9 Å². The first-order valence-electron chi connectivity index (χ1n) is 9.67. The number of benzene rings is 1. The number of nitrogens with one attached hydrogen (secondary N) is 1. The molecule has 1 aromatic carbocycles. The fourth-order valence-electron chi connectivity index (χ4n) is 5.13. The Bertz CT molecular complexity index is 697. The molecule has 1 amide bonds. The lowest BCUT2D eigenvalue weighted by Crippen LogP contribution is -2.46. The summed E-state index contributed by atoms with van der Waals surface area (Å²) in [6.45, 7) is 7.19. The van der Waals surface area contributed by atoms with Crippen LogP contribution in [0.1, 0.15) is 33.6 Å². The summed E-state index contributed by atoms with van der Waals surface area (Å²) in [5.74, 6) is 1.36. The summed E-state index contributed by atoms with van der Waals surface area (Å²) in [5, 5.41) is 3.52. The number of rotatable bonds is 5. The van der Waals surface area contributed by atoms with Crippen molar-refractivity contribution in [1.29, 1.82) is 0 Å². The maximum absolute atomic E-state index is 12.5. The Morgan fingerprint density at radius 1 is 1.21 bits per heavy atom. The van der Waals surface area contributed by atoms with Crippen molar-refractivity contribution in [3.63, 3.8) is 0 Å². The maximum atomic E-state index is 12.5. The Morgan fingerprint density at radius 2 is 1.76 bits per heavy atom. The highest BCUT2D eigenvalue weighted by Crippen LogP contribution is 2.67. The van der Waals surface area contributed by atoms with Gasteiger partial charge in [0.05, 0.1) is 6.26 Å². The molecule has 1 N–H and O–H groups in total. The van der Waals surface area contributed by atoms with Gasteiger partial charge in [0.15, 0.2) is 5.75 Å². The van der Waals surface area contributed by atoms with Crippen molar-refractivity contribution in [3.8, 4) is 0 Å². The molecule has 2 saturated carbocycles. The van der Waals surface area contributed by atoms with E-state index < -0.39 is 7.25 Å². The van der Waals surface area contributed by atoms with Crippen molar-refractivity contribution in [2.75, 3.05) is 24.4 Å². The van der Waals surface area contributed by atoms with Crippen LogP contribution in [0.2, 0.25) is 0 Å². The molecule has 3 rings (SSSR count). The van der Waals surface area contributed by atoms with E-state index in [1.54, 1.807) is 0 Å². The second-order valence-corrected chi connectivity index (χ2v) is 10.9. The molecule has 2 aliphatic rings. The van der Waals surface area contributed by atoms with Gasteiger partial charge >= 0.3 is 7.25 Å². The Balaban J connectivity index is 0.000000537. The first kappa shape index (κ1) is 24.1. The van der Waals surface area contributed by atoms with Crippen LogP contribution in [0.25, 0.3) is 0 Å². The third-order valence-corrected chi connectivity index (χ3v) is 9.05. The van der Waals surface area contributed by atoms with Crippen molar-refractivity contribution in [2.24, 2.45) is 16.7 Å². The summed E-state index contributed by atoms with van der Waals surface area (Å²) in [7, 11) is -4.14. The minimum absolute atomic E-state index is 0.0119. The predicted molar refractivity (Wildman–Crippen MR) is 113 cm³/mol. The Morgan fingerprint density at radius 3 is 2.28 bits per heavy atom. The van der Waals surface area contributed by atoms with E-state index in [0.717, 1.165) is 5.69 Å². The van der Waals surface area contributed by atoms with E-state index in [-0.39, 0.29) is 33.7 Å². The van der Waals surface area contributed by atoms with Gasteiger partial charge in [-0.2, -0.15) is 0 Å². The van der Waals surface area contributed by atoms with E-state index in [4.69, 9.17) is 4.74 Å². The highest BCUT2D eigenvalue weighted by atomic mass is 32.2. The highest BCUT2D eigenvalue weighted by molar-refractivity contribution is 7.97. The summed E-state index contributed by atoms with van der Waals surface area (Å²) in [6, 6.07) is 9.72. The van der Waals surface area contributed by atoms with Crippen LogP contribution in [-0.4, -0.2) is 43.6 Å². The van der Waals surface area contributed by atoms with Crippen LogP contribution in [0.4, 0.5) is 23.0 Å². The summed E-state index contributed by atoms with van der Waals surface area (Å²) in [6.07, 6.45) is 5.03. The molecule has 164 valence electrons. The van der Waals surface area contributed by atoms with E-state index in [1.807, 2.05) is 37.4 Å². The van der Waals surface area contributed by atoms with Crippen LogP contribution in [-0.2, 0) is 20.4 Å². The third-order valence-electron chi connectivity index (χ3n) is 6.83. The average molecular weight is 435 g/mol. The topological polar surface area (TPSA) is 38.3 Å². The molecule has 2 bridgehead atoms. The van der Waals surface area contributed by atoms with Crippen LogP contribution in [0.15, 0.2) is 30.3 Å². The minimum Gasteiger partial charge on any atom is -0.418 e. The fraction of sp³-hybridized carbons (Fsp3) is 0.650. The number of halogens is 4. The molecule has 0 radical (unpaired) electrons. The number of fused-ring (bicyclic) bond motifs is 2. The van der Waals surface area contributed by atoms with Crippen LogP contribution < -0.4 is 5.32 Å². The van der Waals surface area contributed by atoms with Crippen LogP contribution in [0.3, 0.4) is 0 Å². The van der Waals surface area contributed by atoms with Gasteiger partial charge in [-0.25, -0.2) is 0 Å². The lowest BCUT2D eigenvalue weighted by Gasteiger charge is -2.38. The fourth-order valence-corrected chi connectivity index (χ4v) is 7.68. The molecular weight excluding hydrogens is 405 g/mol. The SMILES string of the molecule is CO[C@H]1[C@H]([S+](C)CC(=O)Nc2ccccc2)[C@H]2CC[C@]1(C)C2(C)C.F[B-](F)(F)F. The quantitative estimate of drug-likeness (QED) is 0.401. The largest absolute Gasteiger partial charge is 0.673 e. The van der Waals surface area contributed by atoms with Crippen LogP contribution in [0, 0.1) is 16.7 Å². The molecule has 2 fully saturated rings. The molecule has 0 heterocycles. The summed E-state index contributed by atoms with van der Waals surface area (Å²) in [5.41, 5.74) is 1.40. The standard InChI is InChI=1S/C20H29NO2S.BF4/c1-19(2)15-11-12-20(19,3)18(23-4)17(15)24(5)13-16(22)21-14-9-7-6-8-10-14;2-1(3,4)5/h6-10,15,17-18H,11-13H2,1-5H3;/q;-1/p+1/t15-,17-,18+,20+,24?;/m1./s1. The minimum atomic E-state index is -6.00. The molecular formula is C20H30BF4NO2S. The molecule has 1 aromatic rings. The smallest absolute Gasteiger partial charge is 0.418 e. The van der Waals surface area contributed by atoms with E-state index in [2.05, 4.69) is 32.3 Å². The van der Waals surface area contributed by atoms with Gasteiger partial charge in [0.1, 0.15) is 11.4 Å². The van der Waals surface area contributed by atoms with Gasteiger partial charge in [0, 0.05) is 24.1 Å². The number of anilines is 1. The predicted octanol–water partition coefficient (Wildman–Crippen LogP) is 5.01. The van der Waals surface area contributed by atoms with Crippen LogP contribution in [0.5, 0.6) is 0 Å². The molecule has 29 heavy (non-hydrogen) atoms. The van der Waals surface area contributed by atoms with E-state index in [9.17, 15) is 22.1 Å². The molecule has 2 aliphatic carbocycles. The van der Waals surface area contributed by atoms with Crippen molar-refractivity contribution in [3.05, 3.63) is 30.3 Å². The Kier molecular flexibility index (Phi) is 7.37. The zero-order valence-corrected chi connectivity index (χ0v) is 18.4. The monoisotopic (exact) mass is 435 g/mol. The van der Waals surface area contributed by atoms with Crippen LogP contribution >= 0.6 is 0 Å². The number of para-hydroxylation sites is 1. The van der Waals surface area contributed by atoms with Gasteiger partial charge in [-0.05, 0) is 41.3 Å². The molecule has 9 heteroatoms. The molecule has 0 aromatic heterocycles. The maximum Gasteiger partial charge on any atom is 0.673 e. The van der Waals surface area contributed by atoms with Crippen molar-refractivity contribution < 1.29 is 26.8 Å². The average Bonchev–Trinajstić information content (AvgIpc) is 2.92. The lowest BCUT2D eigenvalue weighted by atomic mass is 9.70. The highest BCUT2D eigenvalue weighted by Gasteiger charge is 2.70. The third kappa shape index (κ3) is 5.29. The van der Waals surface area contributed by atoms with Crippen molar-refractivity contribution in [2.45, 2.75) is 45.0 Å². The zero-order valence-electron chi connectivity index (χ0n) is 17.6. The Labute approximate surface area is 173 Å². The molecule has 0 spiro atoms. The van der Waals surface area contributed by atoms with Gasteiger partial charge in [0.25, 0.3) is 5.91 Å². The molecule has 5 atom stereocenters. The van der Waals surface area contributed by atoms with Gasteiger partial charge in [-0.3, -0.25) is 4.79 Å². The summed E-state index contributed by atoms with van der Waals surface area (Å²) >= 11 is 0. The van der Waals surface area contributed by atoms with Crippen molar-refractivity contribution in [1.82, 2.24) is 0 Å². The van der Waals surface area contributed by atoms with Crippen molar-refractivity contribution >= 4 is 29.7 Å². The second kappa shape index (κ2) is 8.88. The van der Waals surface area contributed by atoms with E-state index >= 15 is 0 Å². The zero-order chi connectivity index (χ0) is 22.0. The molecule has 3 nitrogen and oxygen atoms in total. The van der Waals surface area contributed by atoms with Gasteiger partial charge in [-0.15, -0.1) is 0 Å². The number of hydrogen-bond acceptors (Lipinski definition) is 2. The number of hydrogen-bond donors (Lipinski definition) is 1. The number of methoxy groups -OCH3 is 1. The summed E-state index contributed by atoms with van der Waals surface area (Å²) in [4.78, 5) is 12.5. The molecule has 0 aliphatic heterocycles. The number of ether oxygens (including phenoxy) is 1. The lowest BCUT2D eigenvalue weighted by molar-refractivity contribution is -0.113. The van der Waals surface area contributed by atoms with E-state index in [1.165, 1.54) is 12.8 Å². The molecule has 0 saturated heterocycles. The number of carbonyl (C=O) groups is 1. The molecule has 1 unspecified atom stereocenters. The first-order chi connectivity index (χ1) is 13.3.